The van der Waals surface area contributed by atoms with Crippen LogP contribution >= 0.6 is 0 Å². The Labute approximate surface area is 144 Å². The van der Waals surface area contributed by atoms with Crippen LogP contribution in [-0.2, 0) is 14.8 Å². The van der Waals surface area contributed by atoms with Crippen molar-refractivity contribution in [1.29, 1.82) is 0 Å². The fourth-order valence-corrected chi connectivity index (χ4v) is 5.72. The molecule has 0 spiro atoms. The molecule has 1 amide bonds. The second-order valence-corrected chi connectivity index (χ2v) is 8.96. The molecule has 0 atom stereocenters. The van der Waals surface area contributed by atoms with E-state index in [4.69, 9.17) is 0 Å². The molecule has 0 bridgehead atoms. The lowest BCUT2D eigenvalue weighted by Crippen LogP contribution is -2.48. The van der Waals surface area contributed by atoms with Crippen molar-refractivity contribution in [3.63, 3.8) is 0 Å². The van der Waals surface area contributed by atoms with Crippen molar-refractivity contribution in [2.75, 3.05) is 26.2 Å². The normalized spacial score (nSPS) is 20.0. The number of hydrogen-bond donors (Lipinski definition) is 0. The van der Waals surface area contributed by atoms with Crippen LogP contribution in [0, 0.1) is 26.7 Å². The van der Waals surface area contributed by atoms with Gasteiger partial charge in [0.2, 0.25) is 15.9 Å². The van der Waals surface area contributed by atoms with Gasteiger partial charge < -0.3 is 4.90 Å². The molecule has 132 valence electrons. The van der Waals surface area contributed by atoms with E-state index in [0.717, 1.165) is 36.2 Å². The first-order chi connectivity index (χ1) is 11.3. The molecule has 0 N–H and O–H groups in total. The molecule has 1 aromatic carbocycles. The minimum atomic E-state index is -3.49. The predicted molar refractivity (Wildman–Crippen MR) is 93.3 cm³/mol. The number of benzene rings is 1. The highest BCUT2D eigenvalue weighted by molar-refractivity contribution is 7.89. The van der Waals surface area contributed by atoms with Crippen LogP contribution in [0.3, 0.4) is 0 Å². The molecule has 0 radical (unpaired) electrons. The van der Waals surface area contributed by atoms with Gasteiger partial charge in [-0.2, -0.15) is 4.31 Å². The molecule has 2 aliphatic heterocycles. The third kappa shape index (κ3) is 3.09. The van der Waals surface area contributed by atoms with Crippen molar-refractivity contribution in [2.45, 2.75) is 44.9 Å². The van der Waals surface area contributed by atoms with Crippen LogP contribution in [0.1, 0.15) is 36.0 Å². The highest BCUT2D eigenvalue weighted by Gasteiger charge is 2.35. The SMILES string of the molecule is Cc1cc(C)c(S(=O)(=O)N2CCC(C(=O)N3CCC3)CC2)c(C)c1. The van der Waals surface area contributed by atoms with Crippen molar-refractivity contribution in [2.24, 2.45) is 5.92 Å². The third-order valence-corrected chi connectivity index (χ3v) is 7.38. The smallest absolute Gasteiger partial charge is 0.243 e. The van der Waals surface area contributed by atoms with Gasteiger partial charge in [-0.05, 0) is 51.2 Å². The van der Waals surface area contributed by atoms with E-state index in [1.54, 1.807) is 4.31 Å². The largest absolute Gasteiger partial charge is 0.342 e. The molecule has 2 heterocycles. The number of aryl methyl sites for hydroxylation is 3. The minimum absolute atomic E-state index is 0.0167. The van der Waals surface area contributed by atoms with Crippen molar-refractivity contribution in [3.8, 4) is 0 Å². The molecule has 6 heteroatoms. The average Bonchev–Trinajstić information content (AvgIpc) is 2.44. The number of amides is 1. The standard InChI is InChI=1S/C18H26N2O3S/c1-13-11-14(2)17(15(3)12-13)24(22,23)20-9-5-16(6-10-20)18(21)19-7-4-8-19/h11-12,16H,4-10H2,1-3H3. The number of rotatable bonds is 3. The Bertz CT molecular complexity index is 723. The molecule has 0 unspecified atom stereocenters. The molecule has 2 saturated heterocycles. The quantitative estimate of drug-likeness (QED) is 0.840. The number of carbonyl (C=O) groups excluding carboxylic acids is 1. The monoisotopic (exact) mass is 350 g/mol. The maximum Gasteiger partial charge on any atom is 0.243 e. The molecular weight excluding hydrogens is 324 g/mol. The van der Waals surface area contributed by atoms with Crippen LogP contribution in [0.2, 0.25) is 0 Å². The van der Waals surface area contributed by atoms with Crippen molar-refractivity contribution in [3.05, 3.63) is 28.8 Å². The van der Waals surface area contributed by atoms with Crippen LogP contribution in [0.5, 0.6) is 0 Å². The second-order valence-electron chi connectivity index (χ2n) is 7.09. The van der Waals surface area contributed by atoms with E-state index in [0.29, 0.717) is 30.8 Å². The van der Waals surface area contributed by atoms with Gasteiger partial charge in [-0.15, -0.1) is 0 Å². The van der Waals surface area contributed by atoms with Gasteiger partial charge in [0.05, 0.1) is 4.90 Å². The molecule has 5 nitrogen and oxygen atoms in total. The zero-order chi connectivity index (χ0) is 17.5. The van der Waals surface area contributed by atoms with Crippen molar-refractivity contribution < 1.29 is 13.2 Å². The molecule has 3 rings (SSSR count). The van der Waals surface area contributed by atoms with E-state index in [1.165, 1.54) is 0 Å². The molecule has 2 fully saturated rings. The van der Waals surface area contributed by atoms with E-state index in [1.807, 2.05) is 37.8 Å². The topological polar surface area (TPSA) is 57.7 Å². The summed E-state index contributed by atoms with van der Waals surface area (Å²) in [7, 11) is -3.49. The fourth-order valence-electron chi connectivity index (χ4n) is 3.84. The number of piperidine rings is 1. The van der Waals surface area contributed by atoms with E-state index in [9.17, 15) is 13.2 Å². The molecule has 2 aliphatic rings. The molecule has 0 aromatic heterocycles. The molecule has 1 aromatic rings. The lowest BCUT2D eigenvalue weighted by molar-refractivity contribution is -0.140. The summed E-state index contributed by atoms with van der Waals surface area (Å²) in [5.74, 6) is 0.193. The molecular formula is C18H26N2O3S. The maximum absolute atomic E-state index is 13.0. The summed E-state index contributed by atoms with van der Waals surface area (Å²) < 4.78 is 27.7. The average molecular weight is 350 g/mol. The maximum atomic E-state index is 13.0. The van der Waals surface area contributed by atoms with E-state index in [2.05, 4.69) is 0 Å². The van der Waals surface area contributed by atoms with Gasteiger partial charge in [-0.3, -0.25) is 4.79 Å². The summed E-state index contributed by atoms with van der Waals surface area (Å²) in [6, 6.07) is 3.83. The lowest BCUT2D eigenvalue weighted by atomic mass is 9.95. The second kappa shape index (κ2) is 6.48. The Hall–Kier alpha value is -1.40. The van der Waals surface area contributed by atoms with Crippen molar-refractivity contribution >= 4 is 15.9 Å². The van der Waals surface area contributed by atoms with Gasteiger partial charge in [0.1, 0.15) is 0 Å². The van der Waals surface area contributed by atoms with Crippen LogP contribution in [0.4, 0.5) is 0 Å². The number of hydrogen-bond acceptors (Lipinski definition) is 3. The Kier molecular flexibility index (Phi) is 4.71. The number of carbonyl (C=O) groups is 1. The summed E-state index contributed by atoms with van der Waals surface area (Å²) in [5, 5.41) is 0. The van der Waals surface area contributed by atoms with E-state index >= 15 is 0 Å². The Morgan fingerprint density at radius 1 is 1.00 bits per heavy atom. The van der Waals surface area contributed by atoms with Crippen LogP contribution in [-0.4, -0.2) is 49.7 Å². The zero-order valence-electron chi connectivity index (χ0n) is 14.7. The predicted octanol–water partition coefficient (Wildman–Crippen LogP) is 2.24. The van der Waals surface area contributed by atoms with Crippen LogP contribution < -0.4 is 0 Å². The summed E-state index contributed by atoms with van der Waals surface area (Å²) >= 11 is 0. The fraction of sp³-hybridized carbons (Fsp3) is 0.611. The van der Waals surface area contributed by atoms with E-state index in [-0.39, 0.29) is 11.8 Å². The Balaban J connectivity index is 1.74. The first-order valence-corrected chi connectivity index (χ1v) is 10.1. The third-order valence-electron chi connectivity index (χ3n) is 5.17. The Morgan fingerprint density at radius 3 is 2.00 bits per heavy atom. The van der Waals surface area contributed by atoms with Crippen molar-refractivity contribution in [1.82, 2.24) is 9.21 Å². The highest BCUT2D eigenvalue weighted by atomic mass is 32.2. The first-order valence-electron chi connectivity index (χ1n) is 8.67. The summed E-state index contributed by atoms with van der Waals surface area (Å²) in [6.45, 7) is 8.26. The first kappa shape index (κ1) is 17.4. The molecule has 0 aliphatic carbocycles. The number of likely N-dealkylation sites (tertiary alicyclic amines) is 1. The number of sulfonamides is 1. The van der Waals surface area contributed by atoms with Gasteiger partial charge in [0.25, 0.3) is 0 Å². The van der Waals surface area contributed by atoms with Crippen LogP contribution in [0.25, 0.3) is 0 Å². The number of nitrogens with zero attached hydrogens (tertiary/aromatic N) is 2. The zero-order valence-corrected chi connectivity index (χ0v) is 15.5. The lowest BCUT2D eigenvalue weighted by Gasteiger charge is -2.37. The van der Waals surface area contributed by atoms with Crippen LogP contribution in [0.15, 0.2) is 17.0 Å². The Morgan fingerprint density at radius 2 is 1.54 bits per heavy atom. The van der Waals surface area contributed by atoms with E-state index < -0.39 is 10.0 Å². The summed E-state index contributed by atoms with van der Waals surface area (Å²) in [4.78, 5) is 14.6. The van der Waals surface area contributed by atoms with Gasteiger partial charge >= 0.3 is 0 Å². The van der Waals surface area contributed by atoms with Gasteiger partial charge in [-0.25, -0.2) is 8.42 Å². The van der Waals surface area contributed by atoms with Gasteiger partial charge in [0, 0.05) is 32.1 Å². The molecule has 24 heavy (non-hydrogen) atoms. The van der Waals surface area contributed by atoms with Gasteiger partial charge in [-0.1, -0.05) is 17.7 Å². The minimum Gasteiger partial charge on any atom is -0.342 e. The molecule has 0 saturated carbocycles. The summed E-state index contributed by atoms with van der Waals surface area (Å²) in [6.07, 6.45) is 2.34. The highest BCUT2D eigenvalue weighted by Crippen LogP contribution is 2.29. The summed E-state index contributed by atoms with van der Waals surface area (Å²) in [5.41, 5.74) is 2.67. The van der Waals surface area contributed by atoms with Gasteiger partial charge in [0.15, 0.2) is 0 Å².